The van der Waals surface area contributed by atoms with E-state index in [0.29, 0.717) is 17.7 Å². The van der Waals surface area contributed by atoms with Gasteiger partial charge in [-0.25, -0.2) is 0 Å². The van der Waals surface area contributed by atoms with Crippen LogP contribution in [0.4, 0.5) is 13.2 Å². The van der Waals surface area contributed by atoms with Crippen molar-refractivity contribution in [1.29, 1.82) is 0 Å². The second kappa shape index (κ2) is 3.81. The molecular weight excluding hydrogens is 219 g/mol. The normalized spacial score (nSPS) is 15.4. The Morgan fingerprint density at radius 3 is 2.69 bits per heavy atom. The summed E-state index contributed by atoms with van der Waals surface area (Å²) in [4.78, 5) is 3.55. The molecular formula is C11H10F3NO. The van der Waals surface area contributed by atoms with Crippen molar-refractivity contribution in [2.45, 2.75) is 12.6 Å². The number of ether oxygens (including phenoxy) is 1. The molecule has 1 aliphatic heterocycles. The Bertz CT molecular complexity index is 437. The van der Waals surface area contributed by atoms with Crippen molar-refractivity contribution < 1.29 is 17.9 Å². The first-order valence-electron chi connectivity index (χ1n) is 4.81. The fourth-order valence-corrected chi connectivity index (χ4v) is 1.75. The second-order valence-corrected chi connectivity index (χ2v) is 3.50. The zero-order chi connectivity index (χ0) is 11.8. The maximum atomic E-state index is 12.6. The average Bonchev–Trinajstić information content (AvgIpc) is 2.26. The first-order chi connectivity index (χ1) is 7.52. The first-order valence-corrected chi connectivity index (χ1v) is 4.81. The van der Waals surface area contributed by atoms with Gasteiger partial charge in [-0.3, -0.25) is 4.99 Å². The van der Waals surface area contributed by atoms with E-state index in [2.05, 4.69) is 4.99 Å². The molecule has 2 nitrogen and oxygen atoms in total. The van der Waals surface area contributed by atoms with Gasteiger partial charge in [-0.1, -0.05) is 0 Å². The van der Waals surface area contributed by atoms with E-state index in [1.807, 2.05) is 0 Å². The van der Waals surface area contributed by atoms with E-state index >= 15 is 0 Å². The van der Waals surface area contributed by atoms with Gasteiger partial charge in [-0.05, 0) is 30.2 Å². The van der Waals surface area contributed by atoms with Crippen LogP contribution in [0.25, 0.3) is 0 Å². The Kier molecular flexibility index (Phi) is 2.61. The molecule has 0 N–H and O–H groups in total. The maximum absolute atomic E-state index is 12.6. The van der Waals surface area contributed by atoms with Crippen LogP contribution in [0.15, 0.2) is 23.2 Å². The summed E-state index contributed by atoms with van der Waals surface area (Å²) in [6, 6.07) is 4.57. The molecule has 0 fully saturated rings. The van der Waals surface area contributed by atoms with Gasteiger partial charge in [-0.2, -0.15) is 13.2 Å². The Hall–Kier alpha value is -1.52. The lowest BCUT2D eigenvalue weighted by molar-refractivity contribution is -0.0584. The van der Waals surface area contributed by atoms with E-state index in [1.54, 1.807) is 6.07 Å². The minimum absolute atomic E-state index is 0.166. The van der Waals surface area contributed by atoms with Gasteiger partial charge in [0.25, 0.3) is 0 Å². The molecule has 1 aromatic carbocycles. The van der Waals surface area contributed by atoms with Crippen molar-refractivity contribution in [2.24, 2.45) is 4.99 Å². The number of hydrogen-bond donors (Lipinski definition) is 0. The van der Waals surface area contributed by atoms with Crippen molar-refractivity contribution in [3.05, 3.63) is 29.3 Å². The highest BCUT2D eigenvalue weighted by atomic mass is 19.4. The lowest BCUT2D eigenvalue weighted by Gasteiger charge is -2.19. The standard InChI is InChI=1S/C11H10F3NO/c1-16-8-2-3-9-7(6-8)4-5-15-10(9)11(12,13)14/h2-3,6H,4-5H2,1H3. The predicted octanol–water partition coefficient (Wildman–Crippen LogP) is 2.60. The lowest BCUT2D eigenvalue weighted by Crippen LogP contribution is -2.28. The van der Waals surface area contributed by atoms with E-state index in [0.717, 1.165) is 0 Å². The molecule has 0 unspecified atom stereocenters. The van der Waals surface area contributed by atoms with E-state index in [9.17, 15) is 13.2 Å². The molecule has 86 valence electrons. The number of hydrogen-bond acceptors (Lipinski definition) is 2. The molecule has 0 atom stereocenters. The molecule has 1 heterocycles. The Labute approximate surface area is 90.8 Å². The summed E-state index contributed by atoms with van der Waals surface area (Å²) in [7, 11) is 1.49. The third kappa shape index (κ3) is 1.89. The van der Waals surface area contributed by atoms with Crippen molar-refractivity contribution in [3.63, 3.8) is 0 Å². The van der Waals surface area contributed by atoms with Gasteiger partial charge in [0.2, 0.25) is 0 Å². The number of alkyl halides is 3. The van der Waals surface area contributed by atoms with Crippen LogP contribution in [0.5, 0.6) is 5.75 Å². The van der Waals surface area contributed by atoms with Crippen LogP contribution in [-0.4, -0.2) is 25.5 Å². The smallest absolute Gasteiger partial charge is 0.433 e. The summed E-state index contributed by atoms with van der Waals surface area (Å²) < 4.78 is 42.9. The number of benzene rings is 1. The highest BCUT2D eigenvalue weighted by Crippen LogP contribution is 2.29. The SMILES string of the molecule is COc1ccc2c(c1)CCN=C2C(F)(F)F. The molecule has 0 spiro atoms. The molecule has 0 radical (unpaired) electrons. The Morgan fingerprint density at radius 1 is 1.31 bits per heavy atom. The summed E-state index contributed by atoms with van der Waals surface area (Å²) in [6.45, 7) is 0.176. The van der Waals surface area contributed by atoms with Crippen LogP contribution < -0.4 is 4.74 Å². The number of aliphatic imine (C=N–C) groups is 1. The van der Waals surface area contributed by atoms with Crippen molar-refractivity contribution in [1.82, 2.24) is 0 Å². The monoisotopic (exact) mass is 229 g/mol. The summed E-state index contributed by atoms with van der Waals surface area (Å²) in [5.74, 6) is 0.571. The van der Waals surface area contributed by atoms with Crippen LogP contribution in [0.3, 0.4) is 0 Å². The van der Waals surface area contributed by atoms with Gasteiger partial charge in [0.05, 0.1) is 7.11 Å². The minimum Gasteiger partial charge on any atom is -0.497 e. The van der Waals surface area contributed by atoms with Crippen LogP contribution in [-0.2, 0) is 6.42 Å². The van der Waals surface area contributed by atoms with E-state index in [1.165, 1.54) is 19.2 Å². The Morgan fingerprint density at radius 2 is 2.06 bits per heavy atom. The fourth-order valence-electron chi connectivity index (χ4n) is 1.75. The summed E-state index contributed by atoms with van der Waals surface area (Å²) in [5, 5.41) is 0. The first kappa shape index (κ1) is 11.0. The van der Waals surface area contributed by atoms with Crippen LogP contribution in [0.2, 0.25) is 0 Å². The lowest BCUT2D eigenvalue weighted by atomic mass is 9.97. The van der Waals surface area contributed by atoms with Crippen molar-refractivity contribution >= 4 is 5.71 Å². The van der Waals surface area contributed by atoms with E-state index in [-0.39, 0.29) is 12.1 Å². The van der Waals surface area contributed by atoms with E-state index < -0.39 is 11.9 Å². The summed E-state index contributed by atoms with van der Waals surface area (Å²) in [6.07, 6.45) is -3.87. The fraction of sp³-hybridized carbons (Fsp3) is 0.364. The molecule has 0 bridgehead atoms. The largest absolute Gasteiger partial charge is 0.497 e. The van der Waals surface area contributed by atoms with Crippen molar-refractivity contribution in [2.75, 3.05) is 13.7 Å². The molecule has 0 aliphatic carbocycles. The predicted molar refractivity (Wildman–Crippen MR) is 54.2 cm³/mol. The summed E-state index contributed by atoms with van der Waals surface area (Å²) >= 11 is 0. The molecule has 0 aromatic heterocycles. The minimum atomic E-state index is -4.39. The highest BCUT2D eigenvalue weighted by molar-refractivity contribution is 6.06. The molecule has 0 saturated carbocycles. The van der Waals surface area contributed by atoms with Gasteiger partial charge in [0, 0.05) is 12.1 Å². The number of halogens is 3. The third-order valence-corrected chi connectivity index (χ3v) is 2.49. The molecule has 1 aliphatic rings. The van der Waals surface area contributed by atoms with Crippen LogP contribution >= 0.6 is 0 Å². The number of fused-ring (bicyclic) bond motifs is 1. The van der Waals surface area contributed by atoms with E-state index in [4.69, 9.17) is 4.74 Å². The zero-order valence-electron chi connectivity index (χ0n) is 8.64. The molecule has 5 heteroatoms. The zero-order valence-corrected chi connectivity index (χ0v) is 8.64. The van der Waals surface area contributed by atoms with Crippen LogP contribution in [0, 0.1) is 0 Å². The molecule has 0 saturated heterocycles. The number of rotatable bonds is 1. The highest BCUT2D eigenvalue weighted by Gasteiger charge is 2.38. The average molecular weight is 229 g/mol. The van der Waals surface area contributed by atoms with Gasteiger partial charge < -0.3 is 4.74 Å². The molecule has 1 aromatic rings. The molecule has 16 heavy (non-hydrogen) atoms. The van der Waals surface area contributed by atoms with Crippen molar-refractivity contribution in [3.8, 4) is 5.75 Å². The van der Waals surface area contributed by atoms with Gasteiger partial charge in [-0.15, -0.1) is 0 Å². The Balaban J connectivity index is 2.47. The maximum Gasteiger partial charge on any atom is 0.433 e. The number of methoxy groups -OCH3 is 1. The second-order valence-electron chi connectivity index (χ2n) is 3.50. The summed E-state index contributed by atoms with van der Waals surface area (Å²) in [5.41, 5.74) is 0.0256. The van der Waals surface area contributed by atoms with Gasteiger partial charge in [0.15, 0.2) is 0 Å². The number of nitrogens with zero attached hydrogens (tertiary/aromatic N) is 1. The van der Waals surface area contributed by atoms with Gasteiger partial charge in [0.1, 0.15) is 11.5 Å². The topological polar surface area (TPSA) is 21.6 Å². The molecule has 0 amide bonds. The van der Waals surface area contributed by atoms with Crippen LogP contribution in [0.1, 0.15) is 11.1 Å². The van der Waals surface area contributed by atoms with Gasteiger partial charge >= 0.3 is 6.18 Å². The quantitative estimate of drug-likeness (QED) is 0.725. The third-order valence-electron chi connectivity index (χ3n) is 2.49. The molecule has 2 rings (SSSR count).